The van der Waals surface area contributed by atoms with Gasteiger partial charge in [0.25, 0.3) is 0 Å². The molecule has 2 atom stereocenters. The summed E-state index contributed by atoms with van der Waals surface area (Å²) in [6.45, 7) is 6.68. The molecule has 0 fully saturated rings. The van der Waals surface area contributed by atoms with E-state index in [1.54, 1.807) is 43.3 Å². The Morgan fingerprint density at radius 2 is 1.79 bits per heavy atom. The third-order valence-corrected chi connectivity index (χ3v) is 7.81. The summed E-state index contributed by atoms with van der Waals surface area (Å²) < 4.78 is 37.6. The number of carbonyl (C=O) groups is 2. The number of benzene rings is 2. The molecule has 0 saturated heterocycles. The number of nitrogens with zero attached hydrogens (tertiary/aromatic N) is 2. The van der Waals surface area contributed by atoms with Gasteiger partial charge in [0.1, 0.15) is 19.3 Å². The summed E-state index contributed by atoms with van der Waals surface area (Å²) in [6, 6.07) is 11.4. The van der Waals surface area contributed by atoms with E-state index in [-0.39, 0.29) is 43.8 Å². The molecule has 11 heteroatoms. The van der Waals surface area contributed by atoms with E-state index in [2.05, 4.69) is 5.32 Å². The van der Waals surface area contributed by atoms with E-state index in [1.807, 2.05) is 19.9 Å². The Labute approximate surface area is 230 Å². The number of rotatable bonds is 12. The Bertz CT molecular complexity index is 1240. The zero-order valence-corrected chi connectivity index (χ0v) is 23.8. The third kappa shape index (κ3) is 8.01. The summed E-state index contributed by atoms with van der Waals surface area (Å²) in [6.07, 6.45) is 2.20. The Hall–Kier alpha value is -2.98. The Kier molecular flexibility index (Phi) is 10.3. The average Bonchev–Trinajstić information content (AvgIpc) is 2.88. The van der Waals surface area contributed by atoms with Gasteiger partial charge in [0.05, 0.1) is 11.9 Å². The van der Waals surface area contributed by atoms with Gasteiger partial charge < -0.3 is 19.7 Å². The van der Waals surface area contributed by atoms with Crippen molar-refractivity contribution < 1.29 is 27.5 Å². The molecular formula is C27H36ClN3O6S. The van der Waals surface area contributed by atoms with Crippen LogP contribution >= 0.6 is 11.6 Å². The van der Waals surface area contributed by atoms with Crippen LogP contribution in [0.5, 0.6) is 11.5 Å². The number of anilines is 1. The lowest BCUT2D eigenvalue weighted by atomic mass is 10.1. The molecule has 0 bridgehead atoms. The Balaban J connectivity index is 1.74. The molecule has 1 heterocycles. The first kappa shape index (κ1) is 29.6. The van der Waals surface area contributed by atoms with E-state index in [4.69, 9.17) is 21.1 Å². The molecule has 3 rings (SSSR count). The summed E-state index contributed by atoms with van der Waals surface area (Å²) in [7, 11) is -3.63. The van der Waals surface area contributed by atoms with E-state index in [9.17, 15) is 18.0 Å². The van der Waals surface area contributed by atoms with Crippen molar-refractivity contribution in [3.8, 4) is 11.5 Å². The van der Waals surface area contributed by atoms with E-state index in [0.717, 1.165) is 18.2 Å². The molecule has 1 N–H and O–H groups in total. The van der Waals surface area contributed by atoms with Crippen LogP contribution in [0.4, 0.5) is 5.69 Å². The molecule has 2 aromatic carbocycles. The van der Waals surface area contributed by atoms with Crippen LogP contribution in [-0.2, 0) is 26.2 Å². The van der Waals surface area contributed by atoms with Gasteiger partial charge in [0.2, 0.25) is 21.8 Å². The van der Waals surface area contributed by atoms with Gasteiger partial charge in [-0.3, -0.25) is 13.9 Å². The quantitative estimate of drug-likeness (QED) is 0.417. The highest BCUT2D eigenvalue weighted by Crippen LogP contribution is 2.34. The smallest absolute Gasteiger partial charge is 0.242 e. The average molecular weight is 566 g/mol. The first-order chi connectivity index (χ1) is 18.0. The van der Waals surface area contributed by atoms with Crippen LogP contribution in [-0.4, -0.2) is 63.2 Å². The second-order valence-electron chi connectivity index (χ2n) is 9.41. The van der Waals surface area contributed by atoms with E-state index < -0.39 is 16.1 Å². The second-order valence-corrected chi connectivity index (χ2v) is 11.8. The van der Waals surface area contributed by atoms with Crippen molar-refractivity contribution in [3.63, 3.8) is 0 Å². The lowest BCUT2D eigenvalue weighted by Gasteiger charge is -2.30. The number of nitrogens with one attached hydrogen (secondary N) is 1. The number of hydrogen-bond donors (Lipinski definition) is 1. The number of fused-ring (bicyclic) bond motifs is 1. The first-order valence-corrected chi connectivity index (χ1v) is 14.9. The molecule has 0 saturated carbocycles. The van der Waals surface area contributed by atoms with Crippen LogP contribution in [0.3, 0.4) is 0 Å². The van der Waals surface area contributed by atoms with Crippen LogP contribution in [0.1, 0.15) is 45.6 Å². The molecule has 1 aliphatic heterocycles. The lowest BCUT2D eigenvalue weighted by molar-refractivity contribution is -0.140. The fraction of sp³-hybridized carbons (Fsp3) is 0.481. The van der Waals surface area contributed by atoms with Gasteiger partial charge >= 0.3 is 0 Å². The number of ether oxygens (including phenoxy) is 2. The van der Waals surface area contributed by atoms with Gasteiger partial charge in [0, 0.05) is 36.6 Å². The number of carbonyl (C=O) groups excluding carboxylic acids is 2. The molecule has 0 aromatic heterocycles. The van der Waals surface area contributed by atoms with E-state index in [1.165, 1.54) is 9.21 Å². The van der Waals surface area contributed by atoms with Crippen LogP contribution in [0.2, 0.25) is 5.02 Å². The van der Waals surface area contributed by atoms with Gasteiger partial charge in [-0.25, -0.2) is 8.42 Å². The lowest BCUT2D eigenvalue weighted by Crippen LogP contribution is -2.49. The molecule has 0 spiro atoms. The standard InChI is InChI=1S/C27H36ClN3O6S/c1-5-19(2)29-27(33)20(3)30(18-21-8-6-9-22(28)16-21)26(32)10-7-13-31(38(4,34)35)23-11-12-24-25(17-23)37-15-14-36-24/h6,8-9,11-12,16-17,19-20H,5,7,10,13-15,18H2,1-4H3,(H,29,33)/t19-,20+/m0/s1. The van der Waals surface area contributed by atoms with Crippen molar-refractivity contribution in [1.29, 1.82) is 0 Å². The normalized spacial score (nSPS) is 14.3. The SMILES string of the molecule is CC[C@H](C)NC(=O)[C@@H](C)N(Cc1cccc(Cl)c1)C(=O)CCCN(c1ccc2c(c1)OCCO2)S(C)(=O)=O. The summed E-state index contributed by atoms with van der Waals surface area (Å²) in [4.78, 5) is 27.8. The fourth-order valence-corrected chi connectivity index (χ4v) is 5.24. The molecule has 9 nitrogen and oxygen atoms in total. The fourth-order valence-electron chi connectivity index (χ4n) is 4.07. The van der Waals surface area contributed by atoms with Crippen molar-refractivity contribution >= 4 is 39.1 Å². The van der Waals surface area contributed by atoms with Crippen molar-refractivity contribution in [3.05, 3.63) is 53.1 Å². The van der Waals surface area contributed by atoms with Crippen LogP contribution in [0.25, 0.3) is 0 Å². The van der Waals surface area contributed by atoms with Gasteiger partial charge in [0.15, 0.2) is 11.5 Å². The molecule has 2 aromatic rings. The van der Waals surface area contributed by atoms with Crippen LogP contribution < -0.4 is 19.1 Å². The van der Waals surface area contributed by atoms with E-state index in [0.29, 0.717) is 35.4 Å². The number of amides is 2. The Morgan fingerprint density at radius 3 is 2.45 bits per heavy atom. The summed E-state index contributed by atoms with van der Waals surface area (Å²) in [5.74, 6) is 0.536. The van der Waals surface area contributed by atoms with Gasteiger partial charge in [-0.1, -0.05) is 30.7 Å². The van der Waals surface area contributed by atoms with Gasteiger partial charge in [-0.05, 0) is 56.5 Å². The molecule has 0 radical (unpaired) electrons. The van der Waals surface area contributed by atoms with Crippen molar-refractivity contribution in [2.24, 2.45) is 0 Å². The van der Waals surface area contributed by atoms with Gasteiger partial charge in [-0.15, -0.1) is 0 Å². The first-order valence-electron chi connectivity index (χ1n) is 12.7. The maximum atomic E-state index is 13.4. The number of sulfonamides is 1. The molecular weight excluding hydrogens is 530 g/mol. The highest BCUT2D eigenvalue weighted by Gasteiger charge is 2.27. The number of halogens is 1. The van der Waals surface area contributed by atoms with Crippen LogP contribution in [0, 0.1) is 0 Å². The topological polar surface area (TPSA) is 105 Å². The minimum absolute atomic E-state index is 0.0256. The zero-order chi connectivity index (χ0) is 27.9. The minimum Gasteiger partial charge on any atom is -0.486 e. The van der Waals surface area contributed by atoms with Crippen molar-refractivity contribution in [1.82, 2.24) is 10.2 Å². The van der Waals surface area contributed by atoms with Gasteiger partial charge in [-0.2, -0.15) is 0 Å². The van der Waals surface area contributed by atoms with Crippen molar-refractivity contribution in [2.75, 3.05) is 30.3 Å². The maximum Gasteiger partial charge on any atom is 0.242 e. The van der Waals surface area contributed by atoms with Crippen molar-refractivity contribution in [2.45, 2.75) is 58.7 Å². The summed E-state index contributed by atoms with van der Waals surface area (Å²) in [5.41, 5.74) is 1.23. The second kappa shape index (κ2) is 13.2. The largest absolute Gasteiger partial charge is 0.486 e. The molecule has 2 amide bonds. The highest BCUT2D eigenvalue weighted by molar-refractivity contribution is 7.92. The number of hydrogen-bond acceptors (Lipinski definition) is 6. The minimum atomic E-state index is -3.63. The monoisotopic (exact) mass is 565 g/mol. The molecule has 0 aliphatic carbocycles. The highest BCUT2D eigenvalue weighted by atomic mass is 35.5. The predicted molar refractivity (Wildman–Crippen MR) is 148 cm³/mol. The summed E-state index contributed by atoms with van der Waals surface area (Å²) in [5, 5.41) is 3.47. The molecule has 0 unspecified atom stereocenters. The molecule has 1 aliphatic rings. The molecule has 208 valence electrons. The molecule has 38 heavy (non-hydrogen) atoms. The third-order valence-electron chi connectivity index (χ3n) is 6.38. The zero-order valence-electron chi connectivity index (χ0n) is 22.3. The maximum absolute atomic E-state index is 13.4. The summed E-state index contributed by atoms with van der Waals surface area (Å²) >= 11 is 6.14. The van der Waals surface area contributed by atoms with Crippen LogP contribution in [0.15, 0.2) is 42.5 Å². The predicted octanol–water partition coefficient (Wildman–Crippen LogP) is 3.99. The Morgan fingerprint density at radius 1 is 1.08 bits per heavy atom. The van der Waals surface area contributed by atoms with E-state index >= 15 is 0 Å².